The van der Waals surface area contributed by atoms with Crippen LogP contribution >= 0.6 is 2.40 Å². The minimum absolute atomic E-state index is 0.178. The maximum atomic E-state index is 13.7. The molecule has 0 saturated heterocycles. The molecule has 190 valence electrons. The first-order valence-electron chi connectivity index (χ1n) is 10.9. The Morgan fingerprint density at radius 2 is 0.710 bits per heavy atom. The van der Waals surface area contributed by atoms with E-state index in [9.17, 15) is 28.4 Å². The van der Waals surface area contributed by atoms with Gasteiger partial charge in [-0.1, -0.05) is 0 Å². The van der Waals surface area contributed by atoms with Crippen molar-refractivity contribution in [2.24, 2.45) is 34.0 Å². The fourth-order valence-electron chi connectivity index (χ4n) is 2.57. The second kappa shape index (κ2) is 11.0. The van der Waals surface area contributed by atoms with Gasteiger partial charge in [-0.25, -0.2) is 0 Å². The third-order valence-electron chi connectivity index (χ3n) is 6.64. The molecule has 0 aromatic rings. The Morgan fingerprint density at radius 1 is 0.548 bits per heavy atom. The van der Waals surface area contributed by atoms with E-state index in [1.54, 1.807) is 0 Å². The summed E-state index contributed by atoms with van der Waals surface area (Å²) in [5.41, 5.74) is -0.872. The van der Waals surface area contributed by atoms with Crippen molar-refractivity contribution in [2.75, 3.05) is 18.5 Å². The van der Waals surface area contributed by atoms with E-state index in [0.29, 0.717) is 0 Å². The van der Waals surface area contributed by atoms with E-state index in [2.05, 4.69) is 0 Å². The molecule has 0 heterocycles. The average molecular weight is 641 g/mol. The number of rotatable bonds is 9. The first kappa shape index (κ1) is 33.2. The Hall–Kier alpha value is 2.15. The van der Waals surface area contributed by atoms with Crippen LogP contribution in [0.2, 0.25) is 0 Å². The molecular weight excluding hydrogens is 593 g/mol. The van der Waals surface area contributed by atoms with E-state index < -0.39 is 42.1 Å². The Morgan fingerprint density at radius 3 is 0.839 bits per heavy atom. The summed E-state index contributed by atoms with van der Waals surface area (Å²) in [6.07, 6.45) is -0.533. The fraction of sp³-hybridized carbons (Fsp3) is 1.00. The third kappa shape index (κ3) is 10.3. The number of hydrogen-bond donors (Lipinski definition) is 3. The average Bonchev–Trinajstić information content (AvgIpc) is 2.40. The molecule has 0 aliphatic rings. The topological polar surface area (TPSA) is 112 Å². The van der Waals surface area contributed by atoms with Gasteiger partial charge in [0.15, 0.2) is 0 Å². The Bertz CT molecular complexity index is 648. The Labute approximate surface area is 203 Å². The molecule has 0 aliphatic carbocycles. The zero-order valence-electron chi connectivity index (χ0n) is 21.6. The van der Waals surface area contributed by atoms with Crippen LogP contribution in [0.4, 0.5) is 0 Å². The van der Waals surface area contributed by atoms with Gasteiger partial charge in [-0.2, -0.15) is 0 Å². The van der Waals surface area contributed by atoms with E-state index in [1.807, 2.05) is 83.1 Å². The molecule has 6 nitrogen and oxygen atoms in total. The quantitative estimate of drug-likeness (QED) is 0.230. The van der Waals surface area contributed by atoms with Gasteiger partial charge in [-0.3, -0.25) is 0 Å². The van der Waals surface area contributed by atoms with Crippen molar-refractivity contribution in [3.05, 3.63) is 0 Å². The molecule has 31 heavy (non-hydrogen) atoms. The van der Waals surface area contributed by atoms with Crippen molar-refractivity contribution in [1.82, 2.24) is 0 Å². The van der Waals surface area contributed by atoms with E-state index in [4.69, 9.17) is 0 Å². The van der Waals surface area contributed by atoms with Gasteiger partial charge in [-0.15, -0.1) is 0 Å². The van der Waals surface area contributed by atoms with Gasteiger partial charge in [0.25, 0.3) is 0 Å². The van der Waals surface area contributed by atoms with Crippen LogP contribution in [-0.2, 0) is 13.7 Å². The molecule has 3 N–H and O–H groups in total. The second-order valence-corrected chi connectivity index (χ2v) is 47.4. The predicted octanol–water partition coefficient (Wildman–Crippen LogP) is 7.21. The van der Waals surface area contributed by atoms with Crippen LogP contribution in [0.15, 0.2) is 0 Å². The second-order valence-electron chi connectivity index (χ2n) is 12.4. The summed E-state index contributed by atoms with van der Waals surface area (Å²) in [5.74, 6) is -0.678. The van der Waals surface area contributed by atoms with Crippen molar-refractivity contribution >= 4 is 2.40 Å². The van der Waals surface area contributed by atoms with Crippen LogP contribution in [0.25, 0.3) is 0 Å². The minimum atomic E-state index is -4.55. The molecule has 0 saturated carbocycles. The van der Waals surface area contributed by atoms with E-state index in [1.165, 1.54) is 0 Å². The zero-order chi connectivity index (χ0) is 25.4. The van der Waals surface area contributed by atoms with Crippen molar-refractivity contribution in [3.8, 4) is 0 Å². The molecule has 0 aliphatic heterocycles. The molecule has 0 radical (unpaired) electrons. The molecule has 0 aromatic carbocycles. The van der Waals surface area contributed by atoms with E-state index >= 15 is 0 Å². The first-order chi connectivity index (χ1) is 13.2. The summed E-state index contributed by atoms with van der Waals surface area (Å²) < 4.78 is 28.3. The molecule has 0 amide bonds. The third-order valence-corrected chi connectivity index (χ3v) is 60.2. The molecule has 6 unspecified atom stereocenters. The molecule has 0 rings (SSSR count). The van der Waals surface area contributed by atoms with Gasteiger partial charge in [0.2, 0.25) is 0 Å². The van der Waals surface area contributed by atoms with E-state index in [0.717, 1.165) is 0 Å². The molecular formula is C21H48EuO6P3. The fourth-order valence-corrected chi connectivity index (χ4v) is 60.8. The monoisotopic (exact) mass is 642 g/mol. The summed E-state index contributed by atoms with van der Waals surface area (Å²) in [5, 5.41) is 0. The normalized spacial score (nSPS) is 23.1. The Kier molecular flexibility index (Phi) is 11.8. The molecule has 0 bridgehead atoms. The van der Waals surface area contributed by atoms with Crippen molar-refractivity contribution in [2.45, 2.75) is 83.1 Å². The van der Waals surface area contributed by atoms with Crippen LogP contribution in [0.1, 0.15) is 83.1 Å². The van der Waals surface area contributed by atoms with Gasteiger partial charge in [0.05, 0.1) is 0 Å². The van der Waals surface area contributed by atoms with Crippen molar-refractivity contribution < 1.29 is 68.1 Å². The summed E-state index contributed by atoms with van der Waals surface area (Å²) in [6, 6.07) is 0. The first-order valence-corrected chi connectivity index (χ1v) is 25.9. The molecule has 6 atom stereocenters. The molecule has 0 aromatic heterocycles. The Balaban J connectivity index is 6.47. The predicted molar refractivity (Wildman–Crippen MR) is 130 cm³/mol. The molecule has 0 spiro atoms. The van der Waals surface area contributed by atoms with Gasteiger partial charge < -0.3 is 0 Å². The maximum absolute atomic E-state index is 13.7. The van der Waals surface area contributed by atoms with Crippen LogP contribution in [-0.4, -0.2) is 33.2 Å². The standard InChI is InChI=1S/3C7H15O2P.Eu/c3*1-6(5-10(8)9)7(2,3)4;/h3*6H,5H2,1-4H3;/q;;;-3/p+3. The molecule has 10 heteroatoms. The SMILES string of the molecule is CC(C[P](=O)(O)[Eu]([P](=O)(O)CC(C)C(C)(C)C)[P](=O)(O)CC(C)C(C)(C)C)C(C)(C)C. The summed E-state index contributed by atoms with van der Waals surface area (Å²) in [7, 11) is 0. The summed E-state index contributed by atoms with van der Waals surface area (Å²) in [4.78, 5) is 33.6. The summed E-state index contributed by atoms with van der Waals surface area (Å²) >= 11 is -4.55. The van der Waals surface area contributed by atoms with Crippen LogP contribution < -0.4 is 0 Å². The van der Waals surface area contributed by atoms with E-state index in [-0.39, 0.29) is 52.5 Å². The van der Waals surface area contributed by atoms with Gasteiger partial charge >= 0.3 is 206 Å². The van der Waals surface area contributed by atoms with Crippen molar-refractivity contribution in [3.63, 3.8) is 0 Å². The number of hydrogen-bond acceptors (Lipinski definition) is 3. The summed E-state index contributed by atoms with van der Waals surface area (Å²) in [6.45, 7) is 23.0. The van der Waals surface area contributed by atoms with Gasteiger partial charge in [0.1, 0.15) is 0 Å². The molecule has 0 fully saturated rings. The van der Waals surface area contributed by atoms with Crippen LogP contribution in [0.5, 0.6) is 0 Å². The van der Waals surface area contributed by atoms with Crippen molar-refractivity contribution in [1.29, 1.82) is 0 Å². The van der Waals surface area contributed by atoms with Gasteiger partial charge in [-0.05, 0) is 0 Å². The zero-order valence-corrected chi connectivity index (χ0v) is 26.7. The van der Waals surface area contributed by atoms with Crippen LogP contribution in [0, 0.1) is 73.7 Å². The van der Waals surface area contributed by atoms with Crippen LogP contribution in [0.3, 0.4) is 0 Å². The van der Waals surface area contributed by atoms with Gasteiger partial charge in [0, 0.05) is 0 Å².